The molecule has 0 saturated carbocycles. The van der Waals surface area contributed by atoms with Crippen LogP contribution in [0.15, 0.2) is 41.8 Å². The number of carbonyl (C=O) groups is 1. The van der Waals surface area contributed by atoms with Crippen molar-refractivity contribution in [3.8, 4) is 10.6 Å². The molecule has 4 aromatic rings. The van der Waals surface area contributed by atoms with E-state index in [1.54, 1.807) is 17.7 Å². The molecular weight excluding hydrogens is 470 g/mol. The zero-order chi connectivity index (χ0) is 23.3. The standard InChI is InChI=1S/C22H18F2N4O3S2/c1-12-20-15(22(29)26-17-9-13(23)4-5-16(17)24)10-18(19-3-2-7-32-19)25-21(20)28(27-12)14-6-8-33(30,31)11-14/h2-5,7,9-10,14H,6,8,11H2,1H3,(H,26,29). The summed E-state index contributed by atoms with van der Waals surface area (Å²) in [5, 5.41) is 9.27. The molecule has 11 heteroatoms. The Balaban J connectivity index is 1.67. The fourth-order valence-electron chi connectivity index (χ4n) is 4.05. The van der Waals surface area contributed by atoms with Crippen LogP contribution < -0.4 is 5.32 Å². The van der Waals surface area contributed by atoms with Gasteiger partial charge < -0.3 is 5.32 Å². The van der Waals surface area contributed by atoms with Crippen molar-refractivity contribution in [2.24, 2.45) is 0 Å². The van der Waals surface area contributed by atoms with Crippen molar-refractivity contribution in [1.29, 1.82) is 0 Å². The summed E-state index contributed by atoms with van der Waals surface area (Å²) in [6, 6.07) is 7.70. The van der Waals surface area contributed by atoms with Crippen LogP contribution in [0.25, 0.3) is 21.6 Å². The zero-order valence-corrected chi connectivity index (χ0v) is 19.0. The van der Waals surface area contributed by atoms with Gasteiger partial charge in [0.15, 0.2) is 15.5 Å². The van der Waals surface area contributed by atoms with Crippen LogP contribution in [0, 0.1) is 18.6 Å². The van der Waals surface area contributed by atoms with E-state index in [1.165, 1.54) is 11.3 Å². The Hall–Kier alpha value is -3.18. The maximum Gasteiger partial charge on any atom is 0.256 e. The second-order valence-corrected chi connectivity index (χ2v) is 11.1. The van der Waals surface area contributed by atoms with E-state index >= 15 is 0 Å². The Bertz CT molecular complexity index is 1500. The number of halogens is 2. The predicted molar refractivity (Wildman–Crippen MR) is 122 cm³/mol. The second kappa shape index (κ2) is 7.99. The number of anilines is 1. The number of amides is 1. The molecule has 0 radical (unpaired) electrons. The smallest absolute Gasteiger partial charge is 0.256 e. The maximum absolute atomic E-state index is 14.2. The fraction of sp³-hybridized carbons (Fsp3) is 0.227. The summed E-state index contributed by atoms with van der Waals surface area (Å²) in [5.74, 6) is -2.08. The van der Waals surface area contributed by atoms with Gasteiger partial charge in [0.25, 0.3) is 5.91 Å². The molecule has 5 rings (SSSR count). The number of rotatable bonds is 4. The highest BCUT2D eigenvalue weighted by molar-refractivity contribution is 7.91. The minimum absolute atomic E-state index is 0.0514. The SMILES string of the molecule is Cc1nn(C2CCS(=O)(=O)C2)c2nc(-c3cccs3)cc(C(=O)Nc3cc(F)ccc3F)c12. The Morgan fingerprint density at radius 2 is 2.06 bits per heavy atom. The molecule has 4 heterocycles. The van der Waals surface area contributed by atoms with Crippen molar-refractivity contribution >= 4 is 43.8 Å². The molecule has 0 aliphatic carbocycles. The van der Waals surface area contributed by atoms with Crippen LogP contribution in [0.3, 0.4) is 0 Å². The Labute approximate surface area is 192 Å². The summed E-state index contributed by atoms with van der Waals surface area (Å²) in [7, 11) is -3.18. The van der Waals surface area contributed by atoms with E-state index in [4.69, 9.17) is 4.98 Å². The third kappa shape index (κ3) is 4.02. The van der Waals surface area contributed by atoms with Gasteiger partial charge in [-0.2, -0.15) is 5.10 Å². The highest BCUT2D eigenvalue weighted by Crippen LogP contribution is 2.33. The van der Waals surface area contributed by atoms with Crippen LogP contribution in [0.4, 0.5) is 14.5 Å². The van der Waals surface area contributed by atoms with Crippen LogP contribution in [-0.4, -0.2) is 40.6 Å². The Morgan fingerprint density at radius 1 is 1.24 bits per heavy atom. The van der Waals surface area contributed by atoms with Crippen molar-refractivity contribution in [3.63, 3.8) is 0 Å². The molecule has 1 N–H and O–H groups in total. The summed E-state index contributed by atoms with van der Waals surface area (Å²) < 4.78 is 53.5. The van der Waals surface area contributed by atoms with Gasteiger partial charge in [-0.15, -0.1) is 11.3 Å². The number of nitrogens with zero attached hydrogens (tertiary/aromatic N) is 3. The minimum Gasteiger partial charge on any atom is -0.319 e. The number of aryl methyl sites for hydroxylation is 1. The number of benzene rings is 1. The van der Waals surface area contributed by atoms with E-state index in [9.17, 15) is 22.0 Å². The van der Waals surface area contributed by atoms with Gasteiger partial charge in [-0.3, -0.25) is 4.79 Å². The average molecular weight is 489 g/mol. The number of hydrogen-bond donors (Lipinski definition) is 1. The number of sulfone groups is 1. The van der Waals surface area contributed by atoms with Gasteiger partial charge in [0, 0.05) is 6.07 Å². The summed E-state index contributed by atoms with van der Waals surface area (Å²) >= 11 is 1.43. The van der Waals surface area contributed by atoms with Crippen LogP contribution in [0.2, 0.25) is 0 Å². The van der Waals surface area contributed by atoms with E-state index in [2.05, 4.69) is 10.4 Å². The summed E-state index contributed by atoms with van der Waals surface area (Å²) in [5.41, 5.74) is 1.28. The van der Waals surface area contributed by atoms with Gasteiger partial charge in [-0.25, -0.2) is 26.9 Å². The third-order valence-electron chi connectivity index (χ3n) is 5.59. The quantitative estimate of drug-likeness (QED) is 0.461. The molecule has 1 aromatic carbocycles. The highest BCUT2D eigenvalue weighted by Gasteiger charge is 2.32. The fourth-order valence-corrected chi connectivity index (χ4v) is 6.43. The zero-order valence-electron chi connectivity index (χ0n) is 17.4. The van der Waals surface area contributed by atoms with Crippen molar-refractivity contribution in [1.82, 2.24) is 14.8 Å². The third-order valence-corrected chi connectivity index (χ3v) is 8.23. The highest BCUT2D eigenvalue weighted by atomic mass is 32.2. The van der Waals surface area contributed by atoms with Crippen molar-refractivity contribution < 1.29 is 22.0 Å². The first kappa shape index (κ1) is 21.7. The maximum atomic E-state index is 14.2. The number of nitrogens with one attached hydrogen (secondary N) is 1. The summed E-state index contributed by atoms with van der Waals surface area (Å²) in [6.07, 6.45) is 0.402. The molecule has 3 aromatic heterocycles. The molecule has 1 amide bonds. The number of thiophene rings is 1. The topological polar surface area (TPSA) is 93.9 Å². The van der Waals surface area contributed by atoms with Gasteiger partial charge in [0.2, 0.25) is 0 Å². The molecule has 1 aliphatic heterocycles. The molecule has 1 aliphatic rings. The normalized spacial score (nSPS) is 17.5. The van der Waals surface area contributed by atoms with Crippen LogP contribution in [0.5, 0.6) is 0 Å². The molecule has 0 spiro atoms. The van der Waals surface area contributed by atoms with E-state index in [1.807, 2.05) is 17.5 Å². The lowest BCUT2D eigenvalue weighted by Crippen LogP contribution is -2.15. The first-order valence-corrected chi connectivity index (χ1v) is 12.8. The number of carbonyl (C=O) groups excluding carboxylic acids is 1. The molecule has 33 heavy (non-hydrogen) atoms. The summed E-state index contributed by atoms with van der Waals surface area (Å²) in [4.78, 5) is 18.8. The molecule has 1 atom stereocenters. The molecule has 1 fully saturated rings. The van der Waals surface area contributed by atoms with Gasteiger partial charge >= 0.3 is 0 Å². The predicted octanol–water partition coefficient (Wildman–Crippen LogP) is 4.36. The number of pyridine rings is 1. The molecule has 1 saturated heterocycles. The van der Waals surface area contributed by atoms with Crippen LogP contribution >= 0.6 is 11.3 Å². The van der Waals surface area contributed by atoms with E-state index in [0.717, 1.165) is 23.1 Å². The number of fused-ring (bicyclic) bond motifs is 1. The average Bonchev–Trinajstić information content (AvgIpc) is 3.49. The van der Waals surface area contributed by atoms with Crippen molar-refractivity contribution in [2.45, 2.75) is 19.4 Å². The molecule has 0 bridgehead atoms. The van der Waals surface area contributed by atoms with Crippen LogP contribution in [-0.2, 0) is 9.84 Å². The molecule has 7 nitrogen and oxygen atoms in total. The van der Waals surface area contributed by atoms with Crippen LogP contribution in [0.1, 0.15) is 28.5 Å². The van der Waals surface area contributed by atoms with Gasteiger partial charge in [0.05, 0.1) is 50.4 Å². The van der Waals surface area contributed by atoms with Gasteiger partial charge in [-0.1, -0.05) is 6.07 Å². The molecular formula is C22H18F2N4O3S2. The minimum atomic E-state index is -3.18. The number of aromatic nitrogens is 3. The van der Waals surface area contributed by atoms with Crippen molar-refractivity contribution in [3.05, 3.63) is 64.7 Å². The van der Waals surface area contributed by atoms with E-state index < -0.39 is 33.4 Å². The first-order valence-electron chi connectivity index (χ1n) is 10.1. The lowest BCUT2D eigenvalue weighted by Gasteiger charge is -2.12. The van der Waals surface area contributed by atoms with Crippen molar-refractivity contribution in [2.75, 3.05) is 16.8 Å². The lowest BCUT2D eigenvalue weighted by molar-refractivity contribution is 0.102. The monoisotopic (exact) mass is 488 g/mol. The lowest BCUT2D eigenvalue weighted by atomic mass is 10.1. The van der Waals surface area contributed by atoms with E-state index in [0.29, 0.717) is 28.8 Å². The Morgan fingerprint density at radius 3 is 2.76 bits per heavy atom. The first-order chi connectivity index (χ1) is 15.7. The van der Waals surface area contributed by atoms with Gasteiger partial charge in [0.1, 0.15) is 11.6 Å². The summed E-state index contributed by atoms with van der Waals surface area (Å²) in [6.45, 7) is 1.70. The van der Waals surface area contributed by atoms with Gasteiger partial charge in [-0.05, 0) is 43.0 Å². The Kier molecular flexibility index (Phi) is 5.25. The second-order valence-electron chi connectivity index (χ2n) is 7.90. The largest absolute Gasteiger partial charge is 0.319 e. The number of hydrogen-bond acceptors (Lipinski definition) is 6. The molecule has 1 unspecified atom stereocenters. The molecule has 170 valence electrons. The van der Waals surface area contributed by atoms with E-state index in [-0.39, 0.29) is 22.8 Å².